The van der Waals surface area contributed by atoms with Crippen LogP contribution < -0.4 is 20.3 Å². The van der Waals surface area contributed by atoms with E-state index in [0.717, 1.165) is 0 Å². The number of rotatable bonds is 6. The van der Waals surface area contributed by atoms with Crippen molar-refractivity contribution in [2.24, 2.45) is 0 Å². The van der Waals surface area contributed by atoms with Gasteiger partial charge in [-0.1, -0.05) is 36.4 Å². The monoisotopic (exact) mass is 475 g/mol. The fourth-order valence-corrected chi connectivity index (χ4v) is 3.51. The number of ether oxygens (including phenoxy) is 1. The van der Waals surface area contributed by atoms with Gasteiger partial charge in [0, 0.05) is 11.3 Å². The minimum Gasteiger partial charge on any atom is -0.483 e. The standard InChI is InChI=1S/C25H18FN3O4S/c26-17-10-12-18(13-11-17)27-22(30)15-33-21-9-5-4-6-16(21)14-20-23(31)28-25(34)29(24(20)32)19-7-2-1-3-8-19/h1-14H,15H2,(H,27,30)(H,28,31,34)/b20-14+. The SMILES string of the molecule is O=C(COc1ccccc1/C=C1\C(=O)NC(=S)N(c2ccccc2)C1=O)Nc1ccc(F)cc1. The van der Waals surface area contributed by atoms with E-state index < -0.39 is 23.5 Å². The molecule has 170 valence electrons. The molecular formula is C25H18FN3O4S. The van der Waals surface area contributed by atoms with Gasteiger partial charge in [-0.3, -0.25) is 24.6 Å². The summed E-state index contributed by atoms with van der Waals surface area (Å²) in [5.41, 5.74) is 1.23. The van der Waals surface area contributed by atoms with Gasteiger partial charge >= 0.3 is 0 Å². The highest BCUT2D eigenvalue weighted by Crippen LogP contribution is 2.25. The number of carbonyl (C=O) groups is 3. The van der Waals surface area contributed by atoms with Gasteiger partial charge in [-0.05, 0) is 60.8 Å². The predicted molar refractivity (Wildman–Crippen MR) is 130 cm³/mol. The number of para-hydroxylation sites is 2. The van der Waals surface area contributed by atoms with Gasteiger partial charge in [0.05, 0.1) is 5.69 Å². The smallest absolute Gasteiger partial charge is 0.270 e. The van der Waals surface area contributed by atoms with Gasteiger partial charge < -0.3 is 10.1 Å². The fourth-order valence-electron chi connectivity index (χ4n) is 3.23. The molecule has 9 heteroatoms. The summed E-state index contributed by atoms with van der Waals surface area (Å²) >= 11 is 5.19. The Kier molecular flexibility index (Phi) is 6.74. The highest BCUT2D eigenvalue weighted by molar-refractivity contribution is 7.80. The minimum atomic E-state index is -0.633. The molecule has 1 heterocycles. The number of thiocarbonyl (C=S) groups is 1. The largest absolute Gasteiger partial charge is 0.483 e. The number of amides is 3. The zero-order valence-electron chi connectivity index (χ0n) is 17.7. The van der Waals surface area contributed by atoms with Crippen LogP contribution in [0.3, 0.4) is 0 Å². The molecule has 3 aromatic carbocycles. The molecule has 0 unspecified atom stereocenters. The number of anilines is 2. The van der Waals surface area contributed by atoms with E-state index in [1.807, 2.05) is 0 Å². The first-order chi connectivity index (χ1) is 16.4. The molecule has 0 bridgehead atoms. The summed E-state index contributed by atoms with van der Waals surface area (Å²) in [4.78, 5) is 39.2. The molecule has 1 aliphatic rings. The highest BCUT2D eigenvalue weighted by atomic mass is 32.1. The number of hydrogen-bond acceptors (Lipinski definition) is 5. The Bertz CT molecular complexity index is 1290. The molecule has 7 nitrogen and oxygen atoms in total. The zero-order chi connectivity index (χ0) is 24.1. The summed E-state index contributed by atoms with van der Waals surface area (Å²) in [6, 6.07) is 20.7. The second kappa shape index (κ2) is 10.1. The molecule has 0 atom stereocenters. The summed E-state index contributed by atoms with van der Waals surface area (Å²) in [5, 5.41) is 5.11. The van der Waals surface area contributed by atoms with E-state index in [-0.39, 0.29) is 17.3 Å². The van der Waals surface area contributed by atoms with Gasteiger partial charge in [0.2, 0.25) is 0 Å². The number of nitrogens with zero attached hydrogens (tertiary/aromatic N) is 1. The first-order valence-corrected chi connectivity index (χ1v) is 10.6. The number of hydrogen-bond donors (Lipinski definition) is 2. The second-order valence-electron chi connectivity index (χ2n) is 7.17. The Morgan fingerprint density at radius 2 is 1.68 bits per heavy atom. The summed E-state index contributed by atoms with van der Waals surface area (Å²) in [6.07, 6.45) is 1.39. The van der Waals surface area contributed by atoms with E-state index >= 15 is 0 Å². The van der Waals surface area contributed by atoms with Crippen molar-refractivity contribution in [2.75, 3.05) is 16.8 Å². The molecule has 0 aromatic heterocycles. The van der Waals surface area contributed by atoms with E-state index in [1.54, 1.807) is 54.6 Å². The Morgan fingerprint density at radius 1 is 1.00 bits per heavy atom. The Balaban J connectivity index is 1.53. The molecule has 0 spiro atoms. The first-order valence-electron chi connectivity index (χ1n) is 10.2. The molecule has 0 radical (unpaired) electrons. The van der Waals surface area contributed by atoms with Crippen molar-refractivity contribution in [1.29, 1.82) is 0 Å². The predicted octanol–water partition coefficient (Wildman–Crippen LogP) is 3.67. The molecule has 1 aliphatic heterocycles. The van der Waals surface area contributed by atoms with Gasteiger partial charge in [0.1, 0.15) is 17.1 Å². The average molecular weight is 476 g/mol. The first kappa shape index (κ1) is 22.8. The van der Waals surface area contributed by atoms with Crippen LogP contribution in [-0.2, 0) is 14.4 Å². The van der Waals surface area contributed by atoms with Crippen LogP contribution in [0.2, 0.25) is 0 Å². The van der Waals surface area contributed by atoms with Crippen molar-refractivity contribution in [3.8, 4) is 5.75 Å². The van der Waals surface area contributed by atoms with Gasteiger partial charge in [-0.15, -0.1) is 0 Å². The van der Waals surface area contributed by atoms with Crippen LogP contribution in [0.25, 0.3) is 6.08 Å². The molecular weight excluding hydrogens is 457 g/mol. The lowest BCUT2D eigenvalue weighted by molar-refractivity contribution is -0.122. The molecule has 34 heavy (non-hydrogen) atoms. The Morgan fingerprint density at radius 3 is 2.41 bits per heavy atom. The molecule has 1 fully saturated rings. The minimum absolute atomic E-state index is 0.0136. The maximum atomic E-state index is 13.1. The molecule has 2 N–H and O–H groups in total. The molecule has 0 saturated carbocycles. The summed E-state index contributed by atoms with van der Waals surface area (Å²) in [5.74, 6) is -1.79. The van der Waals surface area contributed by atoms with E-state index in [1.165, 1.54) is 35.2 Å². The third-order valence-corrected chi connectivity index (χ3v) is 5.11. The van der Waals surface area contributed by atoms with Crippen LogP contribution in [0, 0.1) is 5.82 Å². The Labute approximate surface area is 199 Å². The van der Waals surface area contributed by atoms with Crippen molar-refractivity contribution >= 4 is 52.5 Å². The quantitative estimate of drug-likeness (QED) is 0.323. The summed E-state index contributed by atoms with van der Waals surface area (Å²) in [7, 11) is 0. The zero-order valence-corrected chi connectivity index (χ0v) is 18.5. The lowest BCUT2D eigenvalue weighted by atomic mass is 10.1. The van der Waals surface area contributed by atoms with E-state index in [2.05, 4.69) is 10.6 Å². The van der Waals surface area contributed by atoms with Crippen molar-refractivity contribution < 1.29 is 23.5 Å². The van der Waals surface area contributed by atoms with Crippen LogP contribution in [0.4, 0.5) is 15.8 Å². The van der Waals surface area contributed by atoms with Gasteiger partial charge in [-0.25, -0.2) is 4.39 Å². The van der Waals surface area contributed by atoms with Crippen LogP contribution in [0.5, 0.6) is 5.75 Å². The van der Waals surface area contributed by atoms with E-state index in [4.69, 9.17) is 17.0 Å². The van der Waals surface area contributed by atoms with Crippen LogP contribution in [-0.4, -0.2) is 29.4 Å². The third kappa shape index (κ3) is 5.16. The molecule has 3 aromatic rings. The molecule has 1 saturated heterocycles. The fraction of sp³-hybridized carbons (Fsp3) is 0.0400. The van der Waals surface area contributed by atoms with Crippen molar-refractivity contribution in [3.05, 3.63) is 95.8 Å². The van der Waals surface area contributed by atoms with Crippen molar-refractivity contribution in [3.63, 3.8) is 0 Å². The summed E-state index contributed by atoms with van der Waals surface area (Å²) in [6.45, 7) is -0.335. The van der Waals surface area contributed by atoms with Crippen LogP contribution >= 0.6 is 12.2 Å². The van der Waals surface area contributed by atoms with E-state index in [9.17, 15) is 18.8 Å². The van der Waals surface area contributed by atoms with Gasteiger partial charge in [0.15, 0.2) is 11.7 Å². The Hall–Kier alpha value is -4.37. The van der Waals surface area contributed by atoms with Crippen LogP contribution in [0.1, 0.15) is 5.56 Å². The maximum Gasteiger partial charge on any atom is 0.270 e. The number of nitrogens with one attached hydrogen (secondary N) is 2. The van der Waals surface area contributed by atoms with Gasteiger partial charge in [0.25, 0.3) is 17.7 Å². The average Bonchev–Trinajstić information content (AvgIpc) is 2.83. The molecule has 3 amide bonds. The highest BCUT2D eigenvalue weighted by Gasteiger charge is 2.34. The van der Waals surface area contributed by atoms with Crippen molar-refractivity contribution in [1.82, 2.24) is 5.32 Å². The molecule has 4 rings (SSSR count). The number of benzene rings is 3. The lowest BCUT2D eigenvalue weighted by Crippen LogP contribution is -2.54. The maximum absolute atomic E-state index is 13.1. The number of halogens is 1. The van der Waals surface area contributed by atoms with E-state index in [0.29, 0.717) is 22.7 Å². The van der Waals surface area contributed by atoms with Crippen LogP contribution in [0.15, 0.2) is 84.4 Å². The summed E-state index contributed by atoms with van der Waals surface area (Å²) < 4.78 is 18.6. The third-order valence-electron chi connectivity index (χ3n) is 4.82. The van der Waals surface area contributed by atoms with Crippen molar-refractivity contribution in [2.45, 2.75) is 0 Å². The lowest BCUT2D eigenvalue weighted by Gasteiger charge is -2.28. The normalized spacial score (nSPS) is 14.7. The topological polar surface area (TPSA) is 87.7 Å². The van der Waals surface area contributed by atoms with Gasteiger partial charge in [-0.2, -0.15) is 0 Å². The second-order valence-corrected chi connectivity index (χ2v) is 7.56. The number of carbonyl (C=O) groups excluding carboxylic acids is 3. The molecule has 0 aliphatic carbocycles.